The molecule has 0 saturated carbocycles. The zero-order valence-corrected chi connectivity index (χ0v) is 24.0. The summed E-state index contributed by atoms with van der Waals surface area (Å²) < 4.78 is 0. The minimum absolute atomic E-state index is 0. The van der Waals surface area contributed by atoms with Crippen LogP contribution in [-0.2, 0) is 30.3 Å². The van der Waals surface area contributed by atoms with Gasteiger partial charge >= 0.3 is 19.5 Å². The van der Waals surface area contributed by atoms with Gasteiger partial charge in [0.15, 0.2) is 0 Å². The van der Waals surface area contributed by atoms with Crippen molar-refractivity contribution in [3.8, 4) is 11.4 Å². The van der Waals surface area contributed by atoms with Crippen LogP contribution in [0.2, 0.25) is 0 Å². The van der Waals surface area contributed by atoms with Gasteiger partial charge in [-0.2, -0.15) is 0 Å². The summed E-state index contributed by atoms with van der Waals surface area (Å²) >= 11 is 0. The van der Waals surface area contributed by atoms with E-state index in [0.717, 1.165) is 11.4 Å². The average molecular weight is 600 g/mol. The first kappa shape index (κ1) is 34.8. The van der Waals surface area contributed by atoms with Gasteiger partial charge in [-0.3, -0.25) is 19.9 Å². The van der Waals surface area contributed by atoms with Gasteiger partial charge in [0.05, 0.1) is 11.4 Å². The second-order valence-electron chi connectivity index (χ2n) is 9.09. The van der Waals surface area contributed by atoms with Crippen molar-refractivity contribution in [3.63, 3.8) is 0 Å². The Morgan fingerprint density at radius 3 is 1.20 bits per heavy atom. The van der Waals surface area contributed by atoms with Crippen LogP contribution >= 0.6 is 0 Å². The van der Waals surface area contributed by atoms with Gasteiger partial charge in [-0.25, -0.2) is 0 Å². The largest absolute Gasteiger partial charge is 3.00 e. The van der Waals surface area contributed by atoms with Crippen molar-refractivity contribution < 1.29 is 44.3 Å². The molecule has 0 saturated heterocycles. The second kappa shape index (κ2) is 17.2. The summed E-state index contributed by atoms with van der Waals surface area (Å²) in [6.07, 6.45) is 17.5. The van der Waals surface area contributed by atoms with E-state index < -0.39 is 0 Å². The Bertz CT molecular complexity index is 916. The van der Waals surface area contributed by atoms with Crippen molar-refractivity contribution in [2.24, 2.45) is 0 Å². The predicted octanol–water partition coefficient (Wildman–Crippen LogP) is -0.503. The normalized spacial score (nSPS) is 9.89. The molecule has 0 amide bonds. The Kier molecular flexibility index (Phi) is 17.1. The standard InChI is InChI=1S/C18H24N2.C4H4N2.C4H3N2.2ClH.Ru/c1-17(2,3)13-7-9-19-15(11-13)16-12-14(8-10-20-16)18(4,5)6;2*1-2-6-4-3-5-1;;;/h7-12H,1-6H3;1-4H;1-3H;2*1H;/q;;-1;;;+3/p-2. The zero-order valence-electron chi connectivity index (χ0n) is 20.8. The minimum atomic E-state index is 0. The molecule has 0 N–H and O–H groups in total. The van der Waals surface area contributed by atoms with E-state index in [-0.39, 0.29) is 55.1 Å². The Labute approximate surface area is 234 Å². The molecule has 0 fully saturated rings. The number of hydrogen-bond acceptors (Lipinski definition) is 6. The summed E-state index contributed by atoms with van der Waals surface area (Å²) in [6, 6.07) is 8.46. The van der Waals surface area contributed by atoms with E-state index in [2.05, 4.69) is 102 Å². The number of nitrogens with zero attached hydrogens (tertiary/aromatic N) is 6. The fourth-order valence-electron chi connectivity index (χ4n) is 2.55. The van der Waals surface area contributed by atoms with Crippen molar-refractivity contribution in [1.29, 1.82) is 0 Å². The van der Waals surface area contributed by atoms with Gasteiger partial charge in [-0.05, 0) is 58.6 Å². The molecule has 1 radical (unpaired) electrons. The minimum Gasteiger partial charge on any atom is -1.00 e. The van der Waals surface area contributed by atoms with Crippen LogP contribution < -0.4 is 24.8 Å². The van der Waals surface area contributed by atoms with Gasteiger partial charge in [0, 0.05) is 37.2 Å². The molecule has 4 aromatic rings. The molecule has 0 aliphatic rings. The molecule has 0 unspecified atom stereocenters. The third-order valence-electron chi connectivity index (χ3n) is 4.43. The topological polar surface area (TPSA) is 77.3 Å². The zero-order chi connectivity index (χ0) is 23.5. The molecule has 0 bridgehead atoms. The van der Waals surface area contributed by atoms with Crippen molar-refractivity contribution in [3.05, 3.63) is 97.4 Å². The van der Waals surface area contributed by atoms with E-state index in [0.29, 0.717) is 0 Å². The van der Waals surface area contributed by atoms with Gasteiger partial charge < -0.3 is 34.8 Å². The molecule has 4 heterocycles. The monoisotopic (exact) mass is 599 g/mol. The maximum atomic E-state index is 4.48. The number of rotatable bonds is 1. The molecule has 35 heavy (non-hydrogen) atoms. The maximum Gasteiger partial charge on any atom is 3.00 e. The molecular formula is C26H31Cl2N6Ru. The molecule has 4 aromatic heterocycles. The smallest absolute Gasteiger partial charge is 1.00 e. The molecule has 0 aliphatic carbocycles. The number of pyridine rings is 2. The van der Waals surface area contributed by atoms with Crippen molar-refractivity contribution >= 4 is 0 Å². The van der Waals surface area contributed by atoms with Gasteiger partial charge in [0.2, 0.25) is 0 Å². The van der Waals surface area contributed by atoms with Gasteiger partial charge in [0.25, 0.3) is 0 Å². The molecule has 187 valence electrons. The van der Waals surface area contributed by atoms with Crippen molar-refractivity contribution in [2.45, 2.75) is 52.4 Å². The van der Waals surface area contributed by atoms with E-state index in [1.165, 1.54) is 17.3 Å². The Hall–Kier alpha value is -2.34. The van der Waals surface area contributed by atoms with Crippen LogP contribution in [0.25, 0.3) is 11.4 Å². The fraction of sp³-hybridized carbons (Fsp3) is 0.308. The van der Waals surface area contributed by atoms with E-state index in [1.807, 2.05) is 12.4 Å². The number of halogens is 2. The van der Waals surface area contributed by atoms with E-state index in [9.17, 15) is 0 Å². The third kappa shape index (κ3) is 13.4. The van der Waals surface area contributed by atoms with Crippen LogP contribution in [0.15, 0.2) is 80.0 Å². The summed E-state index contributed by atoms with van der Waals surface area (Å²) in [5.74, 6) is 0. The summed E-state index contributed by atoms with van der Waals surface area (Å²) in [7, 11) is 0. The Balaban J connectivity index is 0. The predicted molar refractivity (Wildman–Crippen MR) is 128 cm³/mol. The second-order valence-corrected chi connectivity index (χ2v) is 9.09. The Morgan fingerprint density at radius 2 is 0.971 bits per heavy atom. The molecule has 0 aliphatic heterocycles. The molecule has 0 aromatic carbocycles. The van der Waals surface area contributed by atoms with Gasteiger partial charge in [0.1, 0.15) is 0 Å². The van der Waals surface area contributed by atoms with Gasteiger partial charge in [-0.15, -0.1) is 12.4 Å². The van der Waals surface area contributed by atoms with Crippen LogP contribution in [0.1, 0.15) is 52.7 Å². The van der Waals surface area contributed by atoms with Crippen LogP contribution in [0.4, 0.5) is 0 Å². The third-order valence-corrected chi connectivity index (χ3v) is 4.43. The van der Waals surface area contributed by atoms with Crippen LogP contribution in [-0.4, -0.2) is 29.9 Å². The van der Waals surface area contributed by atoms with Crippen molar-refractivity contribution in [2.75, 3.05) is 0 Å². The average Bonchev–Trinajstić information content (AvgIpc) is 2.81. The van der Waals surface area contributed by atoms with E-state index in [4.69, 9.17) is 0 Å². The summed E-state index contributed by atoms with van der Waals surface area (Å²) in [5, 5.41) is 0. The Morgan fingerprint density at radius 1 is 0.571 bits per heavy atom. The first-order valence-electron chi connectivity index (χ1n) is 10.4. The first-order chi connectivity index (χ1) is 15.2. The quantitative estimate of drug-likeness (QED) is 0.217. The molecular weight excluding hydrogens is 568 g/mol. The summed E-state index contributed by atoms with van der Waals surface area (Å²) in [6.45, 7) is 13.3. The molecule has 0 atom stereocenters. The van der Waals surface area contributed by atoms with Crippen LogP contribution in [0, 0.1) is 6.20 Å². The summed E-state index contributed by atoms with van der Waals surface area (Å²) in [5.41, 5.74) is 4.71. The SMILES string of the molecule is CC(C)(C)c1ccnc(-c2cc(C(C)(C)C)ccn2)c1.[Cl-].[Cl-].[Ru+3].[c-]1cnccn1.c1cnccn1. The maximum absolute atomic E-state index is 4.48. The summed E-state index contributed by atoms with van der Waals surface area (Å²) in [4.78, 5) is 23.7. The van der Waals surface area contributed by atoms with Gasteiger partial charge in [-0.1, -0.05) is 41.5 Å². The van der Waals surface area contributed by atoms with Crippen LogP contribution in [0.3, 0.4) is 0 Å². The fourth-order valence-corrected chi connectivity index (χ4v) is 2.55. The molecule has 9 heteroatoms. The first-order valence-corrected chi connectivity index (χ1v) is 10.4. The van der Waals surface area contributed by atoms with E-state index >= 15 is 0 Å². The van der Waals surface area contributed by atoms with Crippen LogP contribution in [0.5, 0.6) is 0 Å². The number of aromatic nitrogens is 6. The molecule has 6 nitrogen and oxygen atoms in total. The number of hydrogen-bond donors (Lipinski definition) is 0. The van der Waals surface area contributed by atoms with E-state index in [1.54, 1.807) is 37.2 Å². The van der Waals surface area contributed by atoms with Crippen molar-refractivity contribution in [1.82, 2.24) is 29.9 Å². The molecule has 4 rings (SSSR count). The molecule has 0 spiro atoms.